The molecule has 0 bridgehead atoms. The van der Waals surface area contributed by atoms with Crippen LogP contribution in [0.15, 0.2) is 4.52 Å². The first-order chi connectivity index (χ1) is 8.20. The molecule has 0 fully saturated rings. The molecule has 102 valence electrons. The van der Waals surface area contributed by atoms with Crippen LogP contribution in [0.3, 0.4) is 0 Å². The summed E-state index contributed by atoms with van der Waals surface area (Å²) in [6, 6.07) is -1.18. The highest BCUT2D eigenvalue weighted by atomic mass is 31.2. The first-order valence-electron chi connectivity index (χ1n) is 4.81. The maximum atomic E-state index is 10.6. The minimum absolute atomic E-state index is 0.110. The average Bonchev–Trinajstić information content (AvgIpc) is 2.56. The van der Waals surface area contributed by atoms with Gasteiger partial charge in [0.05, 0.1) is 5.56 Å². The normalized spacial score (nSPS) is 13.3. The molecule has 0 aliphatic rings. The van der Waals surface area contributed by atoms with E-state index < -0.39 is 26.0 Å². The topological polar surface area (TPSA) is 156 Å². The Morgan fingerprint density at radius 2 is 2.22 bits per heavy atom. The highest BCUT2D eigenvalue weighted by molar-refractivity contribution is 7.51. The molecule has 1 unspecified atom stereocenters. The molecule has 1 heterocycles. The second-order valence-electron chi connectivity index (χ2n) is 3.61. The molecule has 1 atom stereocenters. The Morgan fingerprint density at radius 1 is 1.61 bits per heavy atom. The molecule has 18 heavy (non-hydrogen) atoms. The van der Waals surface area contributed by atoms with E-state index >= 15 is 0 Å². The molecule has 0 aliphatic carbocycles. The van der Waals surface area contributed by atoms with Crippen LogP contribution in [0.4, 0.5) is 0 Å². The second-order valence-corrected chi connectivity index (χ2v) is 5.20. The lowest BCUT2D eigenvalue weighted by Crippen LogP contribution is -2.32. The first-order valence-corrected chi connectivity index (χ1v) is 6.61. The quantitative estimate of drug-likeness (QED) is 0.502. The molecule has 10 heteroatoms. The molecule has 0 aromatic carbocycles. The van der Waals surface area contributed by atoms with Crippen molar-refractivity contribution >= 4 is 13.6 Å². The zero-order chi connectivity index (χ0) is 13.9. The second kappa shape index (κ2) is 5.49. The van der Waals surface area contributed by atoms with Crippen molar-refractivity contribution in [3.05, 3.63) is 11.3 Å². The monoisotopic (exact) mass is 280 g/mol. The summed E-state index contributed by atoms with van der Waals surface area (Å²) >= 11 is 0. The van der Waals surface area contributed by atoms with Gasteiger partial charge in [0, 0.05) is 6.42 Å². The van der Waals surface area contributed by atoms with Gasteiger partial charge in [0.25, 0.3) is 5.88 Å². The molecule has 0 saturated heterocycles. The zero-order valence-corrected chi connectivity index (χ0v) is 10.3. The van der Waals surface area contributed by atoms with Crippen molar-refractivity contribution in [1.82, 2.24) is 5.16 Å². The van der Waals surface area contributed by atoms with E-state index in [-0.39, 0.29) is 23.6 Å². The minimum atomic E-state index is -4.35. The summed E-state index contributed by atoms with van der Waals surface area (Å²) in [7, 11) is -4.35. The Hall–Kier alpha value is -1.41. The Balaban J connectivity index is 2.81. The number of aromatic nitrogens is 1. The Morgan fingerprint density at radius 3 is 2.72 bits per heavy atom. The molecule has 1 aromatic rings. The van der Waals surface area contributed by atoms with E-state index in [1.165, 1.54) is 6.92 Å². The van der Waals surface area contributed by atoms with Crippen molar-refractivity contribution in [2.75, 3.05) is 6.35 Å². The molecule has 9 nitrogen and oxygen atoms in total. The average molecular weight is 280 g/mol. The van der Waals surface area contributed by atoms with Gasteiger partial charge in [0.1, 0.15) is 11.8 Å². The third kappa shape index (κ3) is 4.11. The number of nitrogens with two attached hydrogens (primary N) is 1. The Labute approximate surface area is 102 Å². The molecule has 0 aliphatic heterocycles. The van der Waals surface area contributed by atoms with E-state index in [2.05, 4.69) is 5.16 Å². The predicted molar refractivity (Wildman–Crippen MR) is 58.1 cm³/mol. The lowest BCUT2D eigenvalue weighted by molar-refractivity contribution is -0.138. The highest BCUT2D eigenvalue weighted by Gasteiger charge is 2.23. The standard InChI is InChI=1S/C8H13N2O7P/c1-4-5(2-6(9)8(11)12)7(10-17-4)16-3-18(13,14)15/h6H,2-3,9H2,1H3,(H,11,12)(H2,13,14,15). The maximum absolute atomic E-state index is 10.6. The molecule has 0 amide bonds. The van der Waals surface area contributed by atoms with Crippen LogP contribution in [-0.2, 0) is 15.8 Å². The predicted octanol–water partition coefficient (Wildman–Crippen LogP) is -0.549. The fraction of sp³-hybridized carbons (Fsp3) is 0.500. The molecule has 1 aromatic heterocycles. The van der Waals surface area contributed by atoms with Gasteiger partial charge in [-0.1, -0.05) is 0 Å². The Bertz CT molecular complexity index is 480. The molecule has 0 radical (unpaired) electrons. The third-order valence-corrected chi connectivity index (χ3v) is 2.52. The van der Waals surface area contributed by atoms with Crippen molar-refractivity contribution in [1.29, 1.82) is 0 Å². The third-order valence-electron chi connectivity index (χ3n) is 2.06. The van der Waals surface area contributed by atoms with E-state index in [0.717, 1.165) is 0 Å². The highest BCUT2D eigenvalue weighted by Crippen LogP contribution is 2.35. The van der Waals surface area contributed by atoms with Crippen LogP contribution in [0.25, 0.3) is 0 Å². The summed E-state index contributed by atoms with van der Waals surface area (Å²) in [5.41, 5.74) is 5.63. The number of carbonyl (C=O) groups is 1. The van der Waals surface area contributed by atoms with Crippen molar-refractivity contribution in [2.45, 2.75) is 19.4 Å². The number of carboxylic acid groups (broad SMARTS) is 1. The lowest BCUT2D eigenvalue weighted by atomic mass is 10.1. The largest absolute Gasteiger partial charge is 0.480 e. The fourth-order valence-corrected chi connectivity index (χ4v) is 1.46. The summed E-state index contributed by atoms with van der Waals surface area (Å²) in [5, 5.41) is 12.1. The van der Waals surface area contributed by atoms with Crippen LogP contribution in [-0.4, -0.2) is 38.4 Å². The number of aliphatic carboxylic acids is 1. The number of rotatable bonds is 6. The summed E-state index contributed by atoms with van der Waals surface area (Å²) in [6.07, 6.45) is -0.977. The molecule has 1 rings (SSSR count). The van der Waals surface area contributed by atoms with Gasteiger partial charge in [-0.15, -0.1) is 0 Å². The number of ether oxygens (including phenoxy) is 1. The van der Waals surface area contributed by atoms with Crippen molar-refractivity contribution < 1.29 is 33.5 Å². The minimum Gasteiger partial charge on any atom is -0.480 e. The van der Waals surface area contributed by atoms with E-state index in [1.807, 2.05) is 0 Å². The van der Waals surface area contributed by atoms with Gasteiger partial charge in [0.15, 0.2) is 6.35 Å². The van der Waals surface area contributed by atoms with Crippen LogP contribution in [0.2, 0.25) is 0 Å². The smallest absolute Gasteiger partial charge is 0.362 e. The van der Waals surface area contributed by atoms with Gasteiger partial charge in [0.2, 0.25) is 0 Å². The molecular weight excluding hydrogens is 267 g/mol. The van der Waals surface area contributed by atoms with Crippen molar-refractivity contribution in [3.8, 4) is 5.88 Å². The van der Waals surface area contributed by atoms with Crippen LogP contribution in [0, 0.1) is 6.92 Å². The first kappa shape index (κ1) is 14.7. The van der Waals surface area contributed by atoms with Gasteiger partial charge in [-0.25, -0.2) is 0 Å². The number of nitrogens with zero attached hydrogens (tertiary/aromatic N) is 1. The SMILES string of the molecule is Cc1onc(OCP(=O)(O)O)c1CC(N)C(=O)O. The number of aryl methyl sites for hydroxylation is 1. The van der Waals surface area contributed by atoms with E-state index in [4.69, 9.17) is 29.9 Å². The van der Waals surface area contributed by atoms with Gasteiger partial charge < -0.3 is 29.9 Å². The molecule has 0 spiro atoms. The van der Waals surface area contributed by atoms with Gasteiger partial charge in [-0.05, 0) is 12.1 Å². The van der Waals surface area contributed by atoms with Crippen LogP contribution < -0.4 is 10.5 Å². The number of hydrogen-bond donors (Lipinski definition) is 4. The maximum Gasteiger partial charge on any atom is 0.362 e. The van der Waals surface area contributed by atoms with Crippen LogP contribution >= 0.6 is 7.60 Å². The van der Waals surface area contributed by atoms with E-state index in [1.54, 1.807) is 0 Å². The van der Waals surface area contributed by atoms with Gasteiger partial charge in [-0.2, -0.15) is 0 Å². The summed E-state index contributed by atoms with van der Waals surface area (Å²) < 4.78 is 20.2. The summed E-state index contributed by atoms with van der Waals surface area (Å²) in [4.78, 5) is 27.9. The van der Waals surface area contributed by atoms with Crippen molar-refractivity contribution in [3.63, 3.8) is 0 Å². The summed E-state index contributed by atoms with van der Waals surface area (Å²) in [5.74, 6) is -1.09. The number of hydrogen-bond acceptors (Lipinski definition) is 6. The van der Waals surface area contributed by atoms with Gasteiger partial charge >= 0.3 is 13.6 Å². The van der Waals surface area contributed by atoms with E-state index in [0.29, 0.717) is 0 Å². The van der Waals surface area contributed by atoms with Crippen LogP contribution in [0.1, 0.15) is 11.3 Å². The van der Waals surface area contributed by atoms with E-state index in [9.17, 15) is 9.36 Å². The zero-order valence-electron chi connectivity index (χ0n) is 9.44. The lowest BCUT2D eigenvalue weighted by Gasteiger charge is -2.08. The molecular formula is C8H13N2O7P. The molecule has 5 N–H and O–H groups in total. The van der Waals surface area contributed by atoms with Crippen LogP contribution in [0.5, 0.6) is 5.88 Å². The van der Waals surface area contributed by atoms with Gasteiger partial charge in [-0.3, -0.25) is 9.36 Å². The molecule has 0 saturated carbocycles. The Kier molecular flexibility index (Phi) is 4.47. The fourth-order valence-electron chi connectivity index (χ4n) is 1.17. The number of carboxylic acids is 1. The van der Waals surface area contributed by atoms with Crippen molar-refractivity contribution in [2.24, 2.45) is 5.73 Å². The summed E-state index contributed by atoms with van der Waals surface area (Å²) in [6.45, 7) is 1.52.